The van der Waals surface area contributed by atoms with Crippen molar-refractivity contribution in [3.8, 4) is 0 Å². The number of aliphatic hydroxyl groups excluding tert-OH is 1. The van der Waals surface area contributed by atoms with Gasteiger partial charge in [-0.3, -0.25) is 0 Å². The zero-order valence-corrected chi connectivity index (χ0v) is 21.5. The summed E-state index contributed by atoms with van der Waals surface area (Å²) in [5.41, 5.74) is 1.11. The van der Waals surface area contributed by atoms with Crippen LogP contribution in [0, 0.1) is 11.8 Å². The molecule has 0 aliphatic carbocycles. The number of hydrogen-bond donors (Lipinski definition) is 1. The molecule has 1 saturated heterocycles. The number of methoxy groups -OCH3 is 1. The molecule has 1 aromatic rings. The Balaban J connectivity index is 2.32. The van der Waals surface area contributed by atoms with Crippen LogP contribution in [-0.4, -0.2) is 51.7 Å². The third-order valence-corrected chi connectivity index (χ3v) is 11.2. The van der Waals surface area contributed by atoms with E-state index in [1.165, 1.54) is 0 Å². The molecule has 0 saturated carbocycles. The maximum absolute atomic E-state index is 9.29. The van der Waals surface area contributed by atoms with E-state index < -0.39 is 8.32 Å². The van der Waals surface area contributed by atoms with Crippen molar-refractivity contribution in [3.63, 3.8) is 0 Å². The fourth-order valence-corrected chi connectivity index (χ4v) is 5.12. The lowest BCUT2D eigenvalue weighted by atomic mass is 9.92. The molecule has 1 aromatic carbocycles. The van der Waals surface area contributed by atoms with Gasteiger partial charge in [0.05, 0.1) is 25.4 Å². The Hall–Kier alpha value is -1.02. The molecule has 1 aliphatic rings. The Labute approximate surface area is 189 Å². The van der Waals surface area contributed by atoms with Crippen molar-refractivity contribution < 1.29 is 23.7 Å². The van der Waals surface area contributed by atoms with Crippen molar-refractivity contribution in [3.05, 3.63) is 48.0 Å². The minimum absolute atomic E-state index is 0.00225. The minimum atomic E-state index is -2.04. The van der Waals surface area contributed by atoms with Crippen LogP contribution in [0.5, 0.6) is 0 Å². The molecular weight excluding hydrogens is 408 g/mol. The predicted molar refractivity (Wildman–Crippen MR) is 127 cm³/mol. The monoisotopic (exact) mass is 450 g/mol. The van der Waals surface area contributed by atoms with Crippen molar-refractivity contribution in [1.82, 2.24) is 0 Å². The molecule has 176 valence electrons. The molecule has 0 radical (unpaired) electrons. The molecule has 1 fully saturated rings. The first-order valence-corrected chi connectivity index (χ1v) is 14.2. The standard InChI is InChI=1S/C25H42O5Si/c1-18(13-12-16-26)21(28-17-20-14-10-9-11-15-20)23-22(19(2)24(27-6)29-23)30-31(7,8)25(3,4)5/h9-15,18-19,21-24,26H,16-17H2,1-8H3/b13-12+/t18-,19-,21+,22-,23+,24?/m1/s1. The van der Waals surface area contributed by atoms with Crippen LogP contribution in [0.25, 0.3) is 0 Å². The van der Waals surface area contributed by atoms with Gasteiger partial charge in [0.25, 0.3) is 0 Å². The molecule has 0 aromatic heterocycles. The Morgan fingerprint density at radius 2 is 1.84 bits per heavy atom. The average Bonchev–Trinajstić information content (AvgIpc) is 3.01. The highest BCUT2D eigenvalue weighted by Gasteiger charge is 2.51. The molecule has 0 amide bonds. The van der Waals surface area contributed by atoms with E-state index in [1.54, 1.807) is 13.2 Å². The first kappa shape index (κ1) is 26.2. The summed E-state index contributed by atoms with van der Waals surface area (Å²) in [6.07, 6.45) is 2.79. The van der Waals surface area contributed by atoms with Gasteiger partial charge in [-0.05, 0) is 23.7 Å². The Morgan fingerprint density at radius 3 is 2.39 bits per heavy atom. The van der Waals surface area contributed by atoms with Gasteiger partial charge >= 0.3 is 0 Å². The Morgan fingerprint density at radius 1 is 1.19 bits per heavy atom. The lowest BCUT2D eigenvalue weighted by Crippen LogP contribution is -2.51. The van der Waals surface area contributed by atoms with Crippen molar-refractivity contribution in [2.75, 3.05) is 13.7 Å². The van der Waals surface area contributed by atoms with Crippen molar-refractivity contribution >= 4 is 8.32 Å². The largest absolute Gasteiger partial charge is 0.411 e. The van der Waals surface area contributed by atoms with Crippen molar-refractivity contribution in [2.24, 2.45) is 11.8 Å². The Kier molecular flexibility index (Phi) is 9.49. The zero-order valence-electron chi connectivity index (χ0n) is 20.5. The van der Waals surface area contributed by atoms with Crippen LogP contribution < -0.4 is 0 Å². The van der Waals surface area contributed by atoms with E-state index in [0.717, 1.165) is 5.56 Å². The van der Waals surface area contributed by atoms with Gasteiger partial charge in [-0.1, -0.05) is 77.1 Å². The molecule has 1 heterocycles. The first-order chi connectivity index (χ1) is 14.5. The van der Waals surface area contributed by atoms with E-state index in [-0.39, 0.29) is 48.1 Å². The van der Waals surface area contributed by atoms with Gasteiger partial charge in [-0.25, -0.2) is 0 Å². The SMILES string of the molecule is COC1O[C@@H]([C@@H](OCc2ccccc2)[C@H](C)/C=C/CO)[C@H](O[Si](C)(C)C(C)(C)C)[C@H]1C. The Bertz CT molecular complexity index is 685. The summed E-state index contributed by atoms with van der Waals surface area (Å²) in [6.45, 7) is 16.0. The number of rotatable bonds is 10. The summed E-state index contributed by atoms with van der Waals surface area (Å²) in [5.74, 6) is 0.121. The summed E-state index contributed by atoms with van der Waals surface area (Å²) in [5, 5.41) is 9.38. The van der Waals surface area contributed by atoms with Crippen molar-refractivity contribution in [1.29, 1.82) is 0 Å². The van der Waals surface area contributed by atoms with Crippen LogP contribution in [0.1, 0.15) is 40.2 Å². The molecule has 1 aliphatic heterocycles. The lowest BCUT2D eigenvalue weighted by Gasteiger charge is -2.41. The number of benzene rings is 1. The molecular formula is C25H42O5Si. The van der Waals surface area contributed by atoms with Gasteiger partial charge in [0, 0.05) is 18.9 Å². The van der Waals surface area contributed by atoms with Crippen LogP contribution in [0.2, 0.25) is 18.1 Å². The number of ether oxygens (including phenoxy) is 3. The molecule has 0 bridgehead atoms. The fraction of sp³-hybridized carbons (Fsp3) is 0.680. The van der Waals surface area contributed by atoms with Gasteiger partial charge in [0.2, 0.25) is 0 Å². The van der Waals surface area contributed by atoms with Crippen molar-refractivity contribution in [2.45, 2.75) is 84.0 Å². The van der Waals surface area contributed by atoms with Crippen LogP contribution in [0.3, 0.4) is 0 Å². The fourth-order valence-electron chi connectivity index (χ4n) is 3.73. The minimum Gasteiger partial charge on any atom is -0.411 e. The first-order valence-electron chi connectivity index (χ1n) is 11.3. The molecule has 31 heavy (non-hydrogen) atoms. The van der Waals surface area contributed by atoms with E-state index in [9.17, 15) is 5.11 Å². The summed E-state index contributed by atoms with van der Waals surface area (Å²) in [7, 11) is -0.356. The van der Waals surface area contributed by atoms with Crippen LogP contribution in [0.15, 0.2) is 42.5 Å². The van der Waals surface area contributed by atoms with E-state index in [0.29, 0.717) is 6.61 Å². The molecule has 2 rings (SSSR count). The smallest absolute Gasteiger partial charge is 0.192 e. The predicted octanol–water partition coefficient (Wildman–Crippen LogP) is 5.15. The summed E-state index contributed by atoms with van der Waals surface area (Å²) < 4.78 is 25.4. The van der Waals surface area contributed by atoms with Gasteiger partial charge in [0.1, 0.15) is 6.10 Å². The summed E-state index contributed by atoms with van der Waals surface area (Å²) in [6, 6.07) is 10.2. The molecule has 6 atom stereocenters. The lowest BCUT2D eigenvalue weighted by molar-refractivity contribution is -0.168. The molecule has 6 heteroatoms. The molecule has 1 unspecified atom stereocenters. The zero-order chi connectivity index (χ0) is 23.2. The van der Waals surface area contributed by atoms with Gasteiger partial charge in [-0.15, -0.1) is 0 Å². The van der Waals surface area contributed by atoms with E-state index in [4.69, 9.17) is 18.6 Å². The normalized spacial score (nSPS) is 27.0. The number of aliphatic hydroxyl groups is 1. The third kappa shape index (κ3) is 6.73. The van der Waals surface area contributed by atoms with Gasteiger partial charge < -0.3 is 23.7 Å². The second kappa shape index (κ2) is 11.2. The highest BCUT2D eigenvalue weighted by Crippen LogP contribution is 2.42. The highest BCUT2D eigenvalue weighted by atomic mass is 28.4. The second-order valence-electron chi connectivity index (χ2n) is 10.1. The van der Waals surface area contributed by atoms with Crippen LogP contribution in [0.4, 0.5) is 0 Å². The molecule has 1 N–H and O–H groups in total. The topological polar surface area (TPSA) is 57.2 Å². The average molecular weight is 451 g/mol. The van der Waals surface area contributed by atoms with E-state index in [1.807, 2.05) is 24.3 Å². The number of hydrogen-bond acceptors (Lipinski definition) is 5. The quantitative estimate of drug-likeness (QED) is 0.394. The summed E-state index contributed by atoms with van der Waals surface area (Å²) in [4.78, 5) is 0. The maximum Gasteiger partial charge on any atom is 0.192 e. The van der Waals surface area contributed by atoms with Gasteiger partial charge in [-0.2, -0.15) is 0 Å². The third-order valence-electron chi connectivity index (χ3n) is 6.70. The maximum atomic E-state index is 9.29. The van der Waals surface area contributed by atoms with Crippen LogP contribution >= 0.6 is 0 Å². The van der Waals surface area contributed by atoms with E-state index in [2.05, 4.69) is 59.8 Å². The highest BCUT2D eigenvalue weighted by molar-refractivity contribution is 6.74. The van der Waals surface area contributed by atoms with Gasteiger partial charge in [0.15, 0.2) is 14.6 Å². The second-order valence-corrected chi connectivity index (χ2v) is 14.9. The van der Waals surface area contributed by atoms with E-state index >= 15 is 0 Å². The molecule has 0 spiro atoms. The molecule has 5 nitrogen and oxygen atoms in total. The summed E-state index contributed by atoms with van der Waals surface area (Å²) >= 11 is 0. The van der Waals surface area contributed by atoms with Crippen LogP contribution in [-0.2, 0) is 25.2 Å².